The number of phosphoric ester groups is 1. The van der Waals surface area contributed by atoms with Crippen molar-refractivity contribution >= 4 is 13.8 Å². The number of aliphatic hydroxyl groups excluding tert-OH is 2. The monoisotopic (exact) mass is 813 g/mol. The van der Waals surface area contributed by atoms with E-state index in [1.54, 1.807) is 0 Å². The number of hydrogen-bond acceptors (Lipinski definition) is 8. The van der Waals surface area contributed by atoms with E-state index in [9.17, 15) is 19.4 Å². The Hall–Kier alpha value is -1.58. The van der Waals surface area contributed by atoms with Crippen LogP contribution < -0.4 is 0 Å². The molecule has 0 saturated carbocycles. The van der Waals surface area contributed by atoms with Crippen LogP contribution in [0.4, 0.5) is 0 Å². The van der Waals surface area contributed by atoms with E-state index in [4.69, 9.17) is 23.6 Å². The molecule has 0 saturated heterocycles. The molecule has 0 spiro atoms. The number of carbonyl (C=O) groups excluding carboxylic acids is 1. The van der Waals surface area contributed by atoms with E-state index >= 15 is 0 Å². The smallest absolute Gasteiger partial charge is 0.457 e. The number of carbonyl (C=O) groups is 1. The molecular weight excluding hydrogens is 727 g/mol. The van der Waals surface area contributed by atoms with Crippen molar-refractivity contribution in [1.82, 2.24) is 0 Å². The number of unbranched alkanes of at least 4 members (excludes halogenated alkanes) is 21. The van der Waals surface area contributed by atoms with Gasteiger partial charge in [0, 0.05) is 13.0 Å². The molecule has 0 aromatic carbocycles. The summed E-state index contributed by atoms with van der Waals surface area (Å²) in [4.78, 5) is 22.6. The van der Waals surface area contributed by atoms with E-state index in [1.165, 1.54) is 103 Å². The van der Waals surface area contributed by atoms with Crippen LogP contribution in [0, 0.1) is 0 Å². The number of rotatable bonds is 43. The van der Waals surface area contributed by atoms with Gasteiger partial charge in [-0.2, -0.15) is 0 Å². The van der Waals surface area contributed by atoms with Crippen molar-refractivity contribution in [3.05, 3.63) is 48.6 Å². The molecular formula is C46H85O9P. The van der Waals surface area contributed by atoms with Crippen LogP contribution in [0.15, 0.2) is 48.6 Å². The lowest BCUT2D eigenvalue weighted by atomic mass is 10.1. The van der Waals surface area contributed by atoms with Gasteiger partial charge in [0.2, 0.25) is 0 Å². The van der Waals surface area contributed by atoms with Crippen LogP contribution in [0.3, 0.4) is 0 Å². The Morgan fingerprint density at radius 3 is 1.50 bits per heavy atom. The zero-order valence-corrected chi connectivity index (χ0v) is 36.7. The predicted molar refractivity (Wildman–Crippen MR) is 233 cm³/mol. The first-order valence-electron chi connectivity index (χ1n) is 22.6. The van der Waals surface area contributed by atoms with Gasteiger partial charge in [0.25, 0.3) is 0 Å². The third-order valence-electron chi connectivity index (χ3n) is 9.49. The second-order valence-electron chi connectivity index (χ2n) is 15.1. The minimum atomic E-state index is -4.52. The Labute approximate surface area is 343 Å². The van der Waals surface area contributed by atoms with Crippen molar-refractivity contribution in [2.75, 3.05) is 33.0 Å². The second kappa shape index (κ2) is 43.0. The molecule has 0 aromatic rings. The molecule has 3 unspecified atom stereocenters. The van der Waals surface area contributed by atoms with Gasteiger partial charge in [-0.05, 0) is 77.0 Å². The van der Waals surface area contributed by atoms with Gasteiger partial charge in [0.15, 0.2) is 0 Å². The Kier molecular flexibility index (Phi) is 41.8. The molecule has 3 N–H and O–H groups in total. The highest BCUT2D eigenvalue weighted by atomic mass is 31.2. The standard InChI is InChI=1S/C46H85O9P/c1-3-5-7-9-11-13-15-17-19-21-22-23-24-26-28-30-32-34-36-38-46(49)55-45(43-54-56(50,51)53-41-44(48)40-47)42-52-39-37-35-33-31-29-27-25-20-18-16-14-12-10-8-6-4-2/h11,13,17-20,22-23,44-45,47-48H,3-10,12,14-16,21,24-43H2,1-2H3,(H,50,51)/b13-11-,19-17-,20-18-,23-22-. The summed E-state index contributed by atoms with van der Waals surface area (Å²) < 4.78 is 33.4. The summed E-state index contributed by atoms with van der Waals surface area (Å²) in [6.45, 7) is 3.46. The van der Waals surface area contributed by atoms with E-state index in [-0.39, 0.29) is 19.6 Å². The molecule has 0 aromatic heterocycles. The molecule has 0 amide bonds. The van der Waals surface area contributed by atoms with Crippen LogP contribution in [0.25, 0.3) is 0 Å². The minimum Gasteiger partial charge on any atom is -0.457 e. The minimum absolute atomic E-state index is 0.0390. The summed E-state index contributed by atoms with van der Waals surface area (Å²) in [6, 6.07) is 0. The molecule has 10 heteroatoms. The largest absolute Gasteiger partial charge is 0.472 e. The van der Waals surface area contributed by atoms with Crippen molar-refractivity contribution in [3.8, 4) is 0 Å². The third-order valence-corrected chi connectivity index (χ3v) is 10.4. The molecule has 0 bridgehead atoms. The van der Waals surface area contributed by atoms with E-state index in [0.29, 0.717) is 13.0 Å². The van der Waals surface area contributed by atoms with Crippen LogP contribution in [-0.4, -0.2) is 66.3 Å². The van der Waals surface area contributed by atoms with Crippen molar-refractivity contribution in [2.24, 2.45) is 0 Å². The number of hydrogen-bond donors (Lipinski definition) is 3. The highest BCUT2D eigenvalue weighted by Gasteiger charge is 2.26. The van der Waals surface area contributed by atoms with Crippen LogP contribution in [0.5, 0.6) is 0 Å². The van der Waals surface area contributed by atoms with Gasteiger partial charge in [-0.25, -0.2) is 4.57 Å². The van der Waals surface area contributed by atoms with Gasteiger partial charge in [-0.15, -0.1) is 0 Å². The normalized spacial score (nSPS) is 14.4. The summed E-state index contributed by atoms with van der Waals surface area (Å²) in [5, 5.41) is 18.4. The fourth-order valence-electron chi connectivity index (χ4n) is 6.00. The molecule has 328 valence electrons. The molecule has 0 aliphatic rings. The van der Waals surface area contributed by atoms with Crippen LogP contribution >= 0.6 is 7.82 Å². The number of allylic oxidation sites excluding steroid dienone is 8. The fourth-order valence-corrected chi connectivity index (χ4v) is 6.79. The van der Waals surface area contributed by atoms with Gasteiger partial charge < -0.3 is 24.6 Å². The molecule has 56 heavy (non-hydrogen) atoms. The summed E-state index contributed by atoms with van der Waals surface area (Å²) in [6.07, 6.45) is 47.8. The Balaban J connectivity index is 4.19. The second-order valence-corrected chi connectivity index (χ2v) is 16.5. The molecule has 0 heterocycles. The van der Waals surface area contributed by atoms with Crippen LogP contribution in [-0.2, 0) is 27.9 Å². The Morgan fingerprint density at radius 1 is 0.554 bits per heavy atom. The van der Waals surface area contributed by atoms with E-state index in [0.717, 1.165) is 64.2 Å². The zero-order valence-electron chi connectivity index (χ0n) is 35.8. The maximum atomic E-state index is 12.6. The van der Waals surface area contributed by atoms with Gasteiger partial charge in [-0.3, -0.25) is 13.8 Å². The van der Waals surface area contributed by atoms with Crippen molar-refractivity contribution in [2.45, 2.75) is 206 Å². The summed E-state index contributed by atoms with van der Waals surface area (Å²) in [7, 11) is -4.52. The summed E-state index contributed by atoms with van der Waals surface area (Å²) >= 11 is 0. The van der Waals surface area contributed by atoms with Crippen molar-refractivity contribution in [1.29, 1.82) is 0 Å². The lowest BCUT2D eigenvalue weighted by Crippen LogP contribution is -2.29. The first-order valence-corrected chi connectivity index (χ1v) is 24.1. The maximum absolute atomic E-state index is 12.6. The highest BCUT2D eigenvalue weighted by molar-refractivity contribution is 7.47. The highest BCUT2D eigenvalue weighted by Crippen LogP contribution is 2.43. The predicted octanol–water partition coefficient (Wildman–Crippen LogP) is 12.6. The van der Waals surface area contributed by atoms with Gasteiger partial charge in [-0.1, -0.05) is 159 Å². The average Bonchev–Trinajstić information content (AvgIpc) is 3.19. The average molecular weight is 813 g/mol. The third kappa shape index (κ3) is 42.0. The topological polar surface area (TPSA) is 132 Å². The van der Waals surface area contributed by atoms with Crippen LogP contribution in [0.1, 0.15) is 194 Å². The lowest BCUT2D eigenvalue weighted by molar-refractivity contribution is -0.154. The molecule has 3 atom stereocenters. The first-order chi connectivity index (χ1) is 27.3. The quantitative estimate of drug-likeness (QED) is 0.0238. The maximum Gasteiger partial charge on any atom is 0.472 e. The SMILES string of the molecule is CCCCC/C=C\C/C=C\C/C=C\CCCCCCCCC(=O)OC(COCCCCCCCC/C=C\CCCCCCCC)COP(=O)(O)OCC(O)CO. The van der Waals surface area contributed by atoms with Crippen LogP contribution in [0.2, 0.25) is 0 Å². The first kappa shape index (κ1) is 54.4. The number of aliphatic hydroxyl groups is 2. The number of phosphoric acid groups is 1. The number of esters is 1. The lowest BCUT2D eigenvalue weighted by Gasteiger charge is -2.20. The molecule has 0 aliphatic heterocycles. The molecule has 0 radical (unpaired) electrons. The Bertz CT molecular complexity index is 1010. The molecule has 0 rings (SSSR count). The van der Waals surface area contributed by atoms with Crippen molar-refractivity contribution < 1.29 is 43.0 Å². The van der Waals surface area contributed by atoms with E-state index in [1.807, 2.05) is 0 Å². The van der Waals surface area contributed by atoms with Gasteiger partial charge >= 0.3 is 13.8 Å². The van der Waals surface area contributed by atoms with Crippen molar-refractivity contribution in [3.63, 3.8) is 0 Å². The summed E-state index contributed by atoms with van der Waals surface area (Å²) in [5.41, 5.74) is 0. The summed E-state index contributed by atoms with van der Waals surface area (Å²) in [5.74, 6) is -0.397. The molecule has 0 fully saturated rings. The molecule has 9 nitrogen and oxygen atoms in total. The fraction of sp³-hybridized carbons (Fsp3) is 0.804. The van der Waals surface area contributed by atoms with Gasteiger partial charge in [0.05, 0.1) is 26.4 Å². The van der Waals surface area contributed by atoms with Gasteiger partial charge in [0.1, 0.15) is 12.2 Å². The number of ether oxygens (including phenoxy) is 2. The molecule has 0 aliphatic carbocycles. The zero-order chi connectivity index (χ0) is 41.1. The van der Waals surface area contributed by atoms with E-state index < -0.39 is 39.2 Å². The Morgan fingerprint density at radius 2 is 0.964 bits per heavy atom. The van der Waals surface area contributed by atoms with E-state index in [2.05, 4.69) is 62.5 Å².